The monoisotopic (exact) mass is 367 g/mol. The number of hydrogen-bond acceptors (Lipinski definition) is 4. The van der Waals surface area contributed by atoms with Gasteiger partial charge in [0.05, 0.1) is 29.3 Å². The molecule has 0 saturated carbocycles. The number of ether oxygens (including phenoxy) is 1. The minimum Gasteiger partial charge on any atom is -0.496 e. The fourth-order valence-corrected chi connectivity index (χ4v) is 3.15. The standard InChI is InChI=1S/C18H26ClN3O3/c1-3-4-7-21-17(23)12-6-5-8-22(11-12)18(24)13-9-14(19)15(20)10-16(13)25-2/h9-10,12H,3-8,11,20H2,1-2H3,(H,21,23). The van der Waals surface area contributed by atoms with Crippen LogP contribution in [0.15, 0.2) is 12.1 Å². The molecule has 1 aliphatic heterocycles. The summed E-state index contributed by atoms with van der Waals surface area (Å²) in [5, 5.41) is 3.27. The fourth-order valence-electron chi connectivity index (χ4n) is 2.98. The molecule has 0 aliphatic carbocycles. The number of likely N-dealkylation sites (tertiary alicyclic amines) is 1. The van der Waals surface area contributed by atoms with Crippen LogP contribution in [-0.2, 0) is 4.79 Å². The van der Waals surface area contributed by atoms with Gasteiger partial charge in [0.15, 0.2) is 0 Å². The van der Waals surface area contributed by atoms with Crippen LogP contribution in [0.5, 0.6) is 5.75 Å². The van der Waals surface area contributed by atoms with Crippen molar-refractivity contribution < 1.29 is 14.3 Å². The summed E-state index contributed by atoms with van der Waals surface area (Å²) in [7, 11) is 1.49. The van der Waals surface area contributed by atoms with Gasteiger partial charge in [0.2, 0.25) is 5.91 Å². The van der Waals surface area contributed by atoms with Crippen molar-refractivity contribution >= 4 is 29.1 Å². The van der Waals surface area contributed by atoms with Gasteiger partial charge in [-0.1, -0.05) is 24.9 Å². The van der Waals surface area contributed by atoms with Gasteiger partial charge in [-0.25, -0.2) is 0 Å². The predicted molar refractivity (Wildman–Crippen MR) is 99.0 cm³/mol. The second kappa shape index (κ2) is 8.94. The number of nitrogens with zero attached hydrogens (tertiary/aromatic N) is 1. The van der Waals surface area contributed by atoms with Gasteiger partial charge in [0, 0.05) is 25.7 Å². The van der Waals surface area contributed by atoms with E-state index in [4.69, 9.17) is 22.1 Å². The van der Waals surface area contributed by atoms with Crippen LogP contribution >= 0.6 is 11.6 Å². The van der Waals surface area contributed by atoms with Gasteiger partial charge in [-0.2, -0.15) is 0 Å². The number of carbonyl (C=O) groups is 2. The summed E-state index contributed by atoms with van der Waals surface area (Å²) in [5.41, 5.74) is 6.51. The average Bonchev–Trinajstić information content (AvgIpc) is 2.63. The number of nitrogen functional groups attached to an aromatic ring is 1. The van der Waals surface area contributed by atoms with Crippen molar-refractivity contribution in [3.05, 3.63) is 22.7 Å². The molecule has 6 nitrogen and oxygen atoms in total. The number of anilines is 1. The summed E-state index contributed by atoms with van der Waals surface area (Å²) >= 11 is 6.06. The summed E-state index contributed by atoms with van der Waals surface area (Å²) < 4.78 is 5.27. The number of nitrogens with two attached hydrogens (primary N) is 1. The minimum absolute atomic E-state index is 0.0215. The molecule has 1 fully saturated rings. The zero-order valence-corrected chi connectivity index (χ0v) is 15.6. The third-order valence-corrected chi connectivity index (χ3v) is 4.79. The van der Waals surface area contributed by atoms with E-state index in [0.29, 0.717) is 41.7 Å². The summed E-state index contributed by atoms with van der Waals surface area (Å²) in [4.78, 5) is 26.9. The topological polar surface area (TPSA) is 84.7 Å². The predicted octanol–water partition coefficient (Wildman–Crippen LogP) is 2.70. The lowest BCUT2D eigenvalue weighted by molar-refractivity contribution is -0.126. The van der Waals surface area contributed by atoms with Crippen LogP contribution in [0.1, 0.15) is 43.0 Å². The second-order valence-corrected chi connectivity index (χ2v) is 6.72. The molecule has 1 saturated heterocycles. The quantitative estimate of drug-likeness (QED) is 0.598. The maximum absolute atomic E-state index is 12.9. The first kappa shape index (κ1) is 19.4. The van der Waals surface area contributed by atoms with Gasteiger partial charge in [0.1, 0.15) is 5.75 Å². The largest absolute Gasteiger partial charge is 0.496 e. The van der Waals surface area contributed by atoms with Crippen LogP contribution in [0.2, 0.25) is 5.02 Å². The second-order valence-electron chi connectivity index (χ2n) is 6.31. The Hall–Kier alpha value is -1.95. The number of methoxy groups -OCH3 is 1. The molecule has 1 heterocycles. The molecule has 0 radical (unpaired) electrons. The van der Waals surface area contributed by atoms with E-state index in [1.807, 2.05) is 0 Å². The lowest BCUT2D eigenvalue weighted by Gasteiger charge is -2.32. The number of rotatable bonds is 6. The molecule has 1 aliphatic rings. The molecule has 1 unspecified atom stereocenters. The number of nitrogens with one attached hydrogen (secondary N) is 1. The van der Waals surface area contributed by atoms with E-state index in [1.165, 1.54) is 13.2 Å². The molecular formula is C18H26ClN3O3. The Kier molecular flexibility index (Phi) is 6.93. The molecule has 25 heavy (non-hydrogen) atoms. The van der Waals surface area contributed by atoms with E-state index in [-0.39, 0.29) is 17.7 Å². The molecule has 1 aromatic rings. The van der Waals surface area contributed by atoms with Gasteiger partial charge in [-0.3, -0.25) is 9.59 Å². The molecule has 1 atom stereocenters. The van der Waals surface area contributed by atoms with Crippen molar-refractivity contribution in [1.29, 1.82) is 0 Å². The Balaban J connectivity index is 2.09. The van der Waals surface area contributed by atoms with Crippen LogP contribution < -0.4 is 15.8 Å². The minimum atomic E-state index is -0.190. The molecule has 0 spiro atoms. The molecule has 2 amide bonds. The number of halogens is 1. The molecule has 7 heteroatoms. The SMILES string of the molecule is CCCCNC(=O)C1CCCN(C(=O)c2cc(Cl)c(N)cc2OC)C1. The number of amides is 2. The molecule has 2 rings (SSSR count). The third kappa shape index (κ3) is 4.78. The molecule has 1 aromatic carbocycles. The number of benzene rings is 1. The van der Waals surface area contributed by atoms with Crippen LogP contribution in [0.4, 0.5) is 5.69 Å². The van der Waals surface area contributed by atoms with Crippen LogP contribution in [0.25, 0.3) is 0 Å². The van der Waals surface area contributed by atoms with E-state index < -0.39 is 0 Å². The number of hydrogen-bond donors (Lipinski definition) is 2. The number of unbranched alkanes of at least 4 members (excludes halogenated alkanes) is 1. The molecule has 0 aromatic heterocycles. The Morgan fingerprint density at radius 3 is 2.88 bits per heavy atom. The smallest absolute Gasteiger partial charge is 0.257 e. The van der Waals surface area contributed by atoms with Crippen molar-refractivity contribution in [2.45, 2.75) is 32.6 Å². The van der Waals surface area contributed by atoms with Crippen molar-refractivity contribution in [3.63, 3.8) is 0 Å². The van der Waals surface area contributed by atoms with Crippen molar-refractivity contribution in [2.24, 2.45) is 5.92 Å². The van der Waals surface area contributed by atoms with Gasteiger partial charge >= 0.3 is 0 Å². The maximum atomic E-state index is 12.9. The first-order valence-corrected chi connectivity index (χ1v) is 9.05. The van der Waals surface area contributed by atoms with Crippen molar-refractivity contribution in [3.8, 4) is 5.75 Å². The zero-order chi connectivity index (χ0) is 18.4. The molecule has 3 N–H and O–H groups in total. The lowest BCUT2D eigenvalue weighted by Crippen LogP contribution is -2.45. The highest BCUT2D eigenvalue weighted by molar-refractivity contribution is 6.33. The Bertz CT molecular complexity index is 636. The average molecular weight is 368 g/mol. The van der Waals surface area contributed by atoms with Crippen LogP contribution in [0, 0.1) is 5.92 Å². The summed E-state index contributed by atoms with van der Waals surface area (Å²) in [6.45, 7) is 3.78. The summed E-state index contributed by atoms with van der Waals surface area (Å²) in [6, 6.07) is 3.08. The highest BCUT2D eigenvalue weighted by atomic mass is 35.5. The van der Waals surface area contributed by atoms with Gasteiger partial charge < -0.3 is 20.7 Å². The fraction of sp³-hybridized carbons (Fsp3) is 0.556. The Morgan fingerprint density at radius 2 is 2.20 bits per heavy atom. The normalized spacial score (nSPS) is 17.2. The first-order chi connectivity index (χ1) is 12.0. The Labute approximate surface area is 153 Å². The summed E-state index contributed by atoms with van der Waals surface area (Å²) in [6.07, 6.45) is 3.58. The highest BCUT2D eigenvalue weighted by Gasteiger charge is 2.30. The number of piperidine rings is 1. The van der Waals surface area contributed by atoms with E-state index in [0.717, 1.165) is 25.7 Å². The van der Waals surface area contributed by atoms with Gasteiger partial charge in [-0.05, 0) is 25.3 Å². The van der Waals surface area contributed by atoms with Gasteiger partial charge in [0.25, 0.3) is 5.91 Å². The molecule has 0 bridgehead atoms. The van der Waals surface area contributed by atoms with E-state index in [1.54, 1.807) is 11.0 Å². The van der Waals surface area contributed by atoms with E-state index in [2.05, 4.69) is 12.2 Å². The van der Waals surface area contributed by atoms with Crippen LogP contribution in [-0.4, -0.2) is 43.5 Å². The maximum Gasteiger partial charge on any atom is 0.257 e. The van der Waals surface area contributed by atoms with E-state index >= 15 is 0 Å². The lowest BCUT2D eigenvalue weighted by atomic mass is 9.96. The van der Waals surface area contributed by atoms with Crippen molar-refractivity contribution in [1.82, 2.24) is 10.2 Å². The Morgan fingerprint density at radius 1 is 1.44 bits per heavy atom. The third-order valence-electron chi connectivity index (χ3n) is 4.46. The number of carbonyl (C=O) groups excluding carboxylic acids is 2. The molecular weight excluding hydrogens is 342 g/mol. The van der Waals surface area contributed by atoms with E-state index in [9.17, 15) is 9.59 Å². The zero-order valence-electron chi connectivity index (χ0n) is 14.8. The van der Waals surface area contributed by atoms with Gasteiger partial charge in [-0.15, -0.1) is 0 Å². The van der Waals surface area contributed by atoms with Crippen LogP contribution in [0.3, 0.4) is 0 Å². The summed E-state index contributed by atoms with van der Waals surface area (Å²) in [5.74, 6) is 0.0456. The highest BCUT2D eigenvalue weighted by Crippen LogP contribution is 2.30. The molecule has 138 valence electrons. The van der Waals surface area contributed by atoms with Crippen molar-refractivity contribution in [2.75, 3.05) is 32.5 Å². The first-order valence-electron chi connectivity index (χ1n) is 8.67.